The molecule has 0 radical (unpaired) electrons. The molecule has 0 aromatic carbocycles. The summed E-state index contributed by atoms with van der Waals surface area (Å²) in [6.07, 6.45) is 5.06. The van der Waals surface area contributed by atoms with Gasteiger partial charge in [0, 0.05) is 17.8 Å². The van der Waals surface area contributed by atoms with Crippen molar-refractivity contribution in [3.05, 3.63) is 0 Å². The fourth-order valence-corrected chi connectivity index (χ4v) is 6.10. The first-order valence-corrected chi connectivity index (χ1v) is 14.8. The second-order valence-corrected chi connectivity index (χ2v) is 12.0. The van der Waals surface area contributed by atoms with Crippen LogP contribution in [-0.4, -0.2) is 68.1 Å². The van der Waals surface area contributed by atoms with Gasteiger partial charge in [-0.2, -0.15) is 0 Å². The van der Waals surface area contributed by atoms with E-state index in [1.54, 1.807) is 13.8 Å². The van der Waals surface area contributed by atoms with Gasteiger partial charge in [0.2, 0.25) is 0 Å². The van der Waals surface area contributed by atoms with Crippen LogP contribution < -0.4 is 0 Å². The molecule has 0 heterocycles. The number of ketones is 4. The Morgan fingerprint density at radius 3 is 1.30 bits per heavy atom. The fourth-order valence-electron chi connectivity index (χ4n) is 6.10. The van der Waals surface area contributed by atoms with Crippen molar-refractivity contribution in [3.63, 3.8) is 0 Å². The van der Waals surface area contributed by atoms with Crippen LogP contribution in [0.5, 0.6) is 0 Å². The zero-order chi connectivity index (χ0) is 34.5. The number of ether oxygens (including phenoxy) is 2. The number of methoxy groups -OCH3 is 2. The van der Waals surface area contributed by atoms with Gasteiger partial charge in [-0.15, -0.1) is 17.8 Å². The maximum Gasteiger partial charge on any atom is 0.309 e. The van der Waals surface area contributed by atoms with Gasteiger partial charge in [0.25, 0.3) is 0 Å². The van der Waals surface area contributed by atoms with Gasteiger partial charge in [-0.1, -0.05) is 40.0 Å². The van der Waals surface area contributed by atoms with Crippen LogP contribution >= 0.6 is 0 Å². The van der Waals surface area contributed by atoms with Crippen molar-refractivity contribution in [2.24, 2.45) is 65.1 Å². The monoisotopic (exact) mass is 1420 g/mol. The van der Waals surface area contributed by atoms with Crippen molar-refractivity contribution >= 4 is 53.9 Å². The molecule has 11 nitrogen and oxygen atoms in total. The predicted octanol–water partition coefficient (Wildman–Crippen LogP) is 3.05. The summed E-state index contributed by atoms with van der Waals surface area (Å²) in [7, 11) is 2.21. The van der Waals surface area contributed by atoms with Crippen LogP contribution in [0.25, 0.3) is 0 Å². The number of esters is 2. The van der Waals surface area contributed by atoms with Crippen LogP contribution in [-0.2, 0) is 52.6 Å². The van der Waals surface area contributed by atoms with Crippen molar-refractivity contribution in [2.45, 2.75) is 74.7 Å². The molecular weight excluding hydrogens is 1370 g/mol. The van der Waals surface area contributed by atoms with E-state index >= 15 is 0 Å². The molecule has 0 fully saturated rings. The molecule has 0 aliphatic carbocycles. The number of hydrogen-bond donors (Lipinski definition) is 0. The first kappa shape index (κ1) is 47.6. The van der Waals surface area contributed by atoms with E-state index < -0.39 is 95.0 Å². The van der Waals surface area contributed by atoms with Crippen molar-refractivity contribution < 1.29 is 52.6 Å². The Labute approximate surface area is 260 Å². The first-order valence-electron chi connectivity index (χ1n) is 14.8. The minimum Gasteiger partial charge on any atom is -0.542 e. The van der Waals surface area contributed by atoms with E-state index in [1.165, 1.54) is 34.6 Å². The van der Waals surface area contributed by atoms with Gasteiger partial charge in [-0.05, 0) is 52.4 Å². The molecule has 11 unspecified atom stereocenters. The summed E-state index contributed by atoms with van der Waals surface area (Å²) < 4.78 is 9.86. The van der Waals surface area contributed by atoms with E-state index in [2.05, 4.69) is 0 Å². The quantitative estimate of drug-likeness (QED) is 0.115. The van der Waals surface area contributed by atoms with Crippen molar-refractivity contribution in [1.82, 2.24) is 0 Å². The van der Waals surface area contributed by atoms with Gasteiger partial charge in [-0.3, -0.25) is 47.6 Å². The molecule has 0 rings (SSSR count). The molecule has 14 heteroatoms. The third kappa shape index (κ3) is 12.3. The van der Waals surface area contributed by atoms with Gasteiger partial charge >= 0.3 is 11.9 Å². The maximum absolute atomic E-state index is 13.3. The Morgan fingerprint density at radius 2 is 0.979 bits per heavy atom. The van der Waals surface area contributed by atoms with Crippen molar-refractivity contribution in [3.8, 4) is 0 Å². The Kier molecular flexibility index (Phi) is 21.6. The molecule has 11 atom stereocenters. The standard InChI is InChI=1S/C33H47O11.3Rf/c1-17(21(5)37)11-26(19(3)14-34)30(23(7)39)25(15-35)13-28(33(42)44-10)31(24(8)40)29(16-36)27(12-18(2)22(6)38)20(4)32(41)43-9;;;/h17-20,25-31H,11-13H2,1-10H3;;;/q-3;;;. The van der Waals surface area contributed by atoms with Gasteiger partial charge in [-0.25, -0.2) is 0 Å². The van der Waals surface area contributed by atoms with Crippen LogP contribution in [0.1, 0.15) is 74.7 Å². The molecule has 0 spiro atoms. The zero-order valence-corrected chi connectivity index (χ0v) is 48.8. The third-order valence-electron chi connectivity index (χ3n) is 9.10. The SMILES string of the molecule is COC(=O)C(C)C(CC(C)C(C)=O)C([C-]=O)C(C(C)=O)C(CC([C-]=O)C(C(C)=O)C(CC(C)C(C)=O)C(C)[C-]=O)C(=O)OC.[Rf].[Rf].[Rf]. The molecule has 0 aromatic rings. The summed E-state index contributed by atoms with van der Waals surface area (Å²) in [5.41, 5.74) is 0. The smallest absolute Gasteiger partial charge is 0.309 e. The molecule has 0 saturated heterocycles. The molecule has 0 bridgehead atoms. The van der Waals surface area contributed by atoms with Crippen LogP contribution in [0.3, 0.4) is 0 Å². The average Bonchev–Trinajstić information content (AvgIpc) is 2.97. The molecule has 254 valence electrons. The summed E-state index contributed by atoms with van der Waals surface area (Å²) in [6, 6.07) is 0. The molecule has 0 saturated carbocycles. The largest absolute Gasteiger partial charge is 0.542 e. The summed E-state index contributed by atoms with van der Waals surface area (Å²) in [4.78, 5) is 113. The summed E-state index contributed by atoms with van der Waals surface area (Å²) in [5, 5.41) is 0. The van der Waals surface area contributed by atoms with Crippen molar-refractivity contribution in [1.29, 1.82) is 0 Å². The van der Waals surface area contributed by atoms with E-state index in [-0.39, 0.29) is 24.4 Å². The molecule has 0 aromatic heterocycles. The molecule has 0 aliphatic heterocycles. The van der Waals surface area contributed by atoms with Crippen LogP contribution in [0, 0.1) is 65.1 Å². The van der Waals surface area contributed by atoms with Crippen molar-refractivity contribution in [2.75, 3.05) is 14.2 Å². The Hall–Kier alpha value is -6.37. The van der Waals surface area contributed by atoms with Gasteiger partial charge in [0.15, 0.2) is 0 Å². The van der Waals surface area contributed by atoms with Gasteiger partial charge in [0.05, 0.1) is 26.1 Å². The summed E-state index contributed by atoms with van der Waals surface area (Å²) >= 11 is 0. The van der Waals surface area contributed by atoms with Crippen LogP contribution in [0.2, 0.25) is 0 Å². The third-order valence-corrected chi connectivity index (χ3v) is 9.10. The molecular formula is C33H47O11Rf3-3. The Morgan fingerprint density at radius 1 is 0.553 bits per heavy atom. The summed E-state index contributed by atoms with van der Waals surface area (Å²) in [6.45, 7) is 11.3. The second kappa shape index (κ2) is 21.4. The molecule has 47 heavy (non-hydrogen) atoms. The summed E-state index contributed by atoms with van der Waals surface area (Å²) in [5.74, 6) is -15.0. The van der Waals surface area contributed by atoms with Gasteiger partial charge in [0.1, 0.15) is 23.1 Å². The van der Waals surface area contributed by atoms with E-state index in [1.807, 2.05) is 18.9 Å². The van der Waals surface area contributed by atoms with E-state index in [0.29, 0.717) is 0 Å². The number of carbonyl (C=O) groups is 6. The Bertz CT molecular complexity index is 1080. The van der Waals surface area contributed by atoms with E-state index in [0.717, 1.165) is 21.1 Å². The fraction of sp³-hybridized carbons (Fsp3) is 0.727. The average molecular weight is 1420 g/mol. The van der Waals surface area contributed by atoms with Crippen LogP contribution in [0.15, 0.2) is 0 Å². The molecule has 0 N–H and O–H groups in total. The number of Topliss-reactive ketones (excluding diaryl/α,β-unsaturated/α-hetero) is 4. The normalized spacial score (nSPS) is 17.6. The van der Waals surface area contributed by atoms with E-state index in [9.17, 15) is 43.2 Å². The van der Waals surface area contributed by atoms with Crippen LogP contribution in [0.4, 0.5) is 0 Å². The first-order chi connectivity index (χ1) is 20.4. The number of hydrogen-bond acceptors (Lipinski definition) is 11. The minimum atomic E-state index is -1.47. The topological polar surface area (TPSA) is 172 Å². The second-order valence-electron chi connectivity index (χ2n) is 12.0. The number of rotatable bonds is 22. The molecule has 0 amide bonds. The van der Waals surface area contributed by atoms with Gasteiger partial charge < -0.3 is 23.9 Å². The number of carbonyl (C=O) groups excluding carboxylic acids is 9. The minimum absolute atomic E-state index is 0. The Balaban J connectivity index is -0.00000308. The van der Waals surface area contributed by atoms with E-state index in [4.69, 9.17) is 9.47 Å². The molecule has 0 aliphatic rings. The maximum atomic E-state index is 13.3. The zero-order valence-electron chi connectivity index (χ0n) is 29.6. The predicted molar refractivity (Wildman–Crippen MR) is 159 cm³/mol.